The predicted molar refractivity (Wildman–Crippen MR) is 92.3 cm³/mol. The zero-order valence-corrected chi connectivity index (χ0v) is 15.1. The molecule has 0 N–H and O–H groups in total. The number of fused-ring (bicyclic) bond motifs is 5. The summed E-state index contributed by atoms with van der Waals surface area (Å²) in [5, 5.41) is 0. The fourth-order valence-electron chi connectivity index (χ4n) is 6.57. The summed E-state index contributed by atoms with van der Waals surface area (Å²) >= 11 is 0. The lowest BCUT2D eigenvalue weighted by molar-refractivity contribution is -0.158. The summed E-state index contributed by atoms with van der Waals surface area (Å²) in [6.07, 6.45) is 11.4. The van der Waals surface area contributed by atoms with Crippen molar-refractivity contribution in [1.29, 1.82) is 0 Å². The van der Waals surface area contributed by atoms with Gasteiger partial charge in [0.05, 0.1) is 0 Å². The van der Waals surface area contributed by atoms with Gasteiger partial charge in [0.1, 0.15) is 6.10 Å². The number of hydrogen-bond donors (Lipinski definition) is 0. The molecule has 0 unspecified atom stereocenters. The van der Waals surface area contributed by atoms with Crippen LogP contribution in [0.5, 0.6) is 0 Å². The molecule has 3 nitrogen and oxygen atoms in total. The van der Waals surface area contributed by atoms with Gasteiger partial charge in [-0.05, 0) is 74.7 Å². The van der Waals surface area contributed by atoms with E-state index in [1.165, 1.54) is 31.3 Å². The Balaban J connectivity index is 1.54. The zero-order chi connectivity index (χ0) is 16.9. The first-order valence-electron chi connectivity index (χ1n) is 9.95. The van der Waals surface area contributed by atoms with E-state index >= 15 is 0 Å². The van der Waals surface area contributed by atoms with Crippen molar-refractivity contribution in [3.05, 3.63) is 11.6 Å². The number of ketones is 1. The third-order valence-corrected chi connectivity index (χ3v) is 7.78. The molecule has 4 rings (SSSR count). The van der Waals surface area contributed by atoms with Crippen LogP contribution < -0.4 is 0 Å². The van der Waals surface area contributed by atoms with Gasteiger partial charge in [0.2, 0.25) is 0 Å². The van der Waals surface area contributed by atoms with Gasteiger partial charge in [0.15, 0.2) is 5.78 Å². The van der Waals surface area contributed by atoms with Crippen molar-refractivity contribution in [2.24, 2.45) is 29.1 Å². The van der Waals surface area contributed by atoms with E-state index < -0.39 is 0 Å². The van der Waals surface area contributed by atoms with Crippen LogP contribution >= 0.6 is 0 Å². The number of carbonyl (C=O) groups is 2. The van der Waals surface area contributed by atoms with E-state index in [0.717, 1.165) is 37.5 Å². The maximum Gasteiger partial charge on any atom is 0.305 e. The van der Waals surface area contributed by atoms with Crippen molar-refractivity contribution in [1.82, 2.24) is 0 Å². The van der Waals surface area contributed by atoms with E-state index in [0.29, 0.717) is 24.0 Å². The number of rotatable bonds is 2. The first kappa shape index (κ1) is 16.4. The molecule has 0 saturated heterocycles. The highest BCUT2D eigenvalue weighted by Gasteiger charge is 2.57. The van der Waals surface area contributed by atoms with Gasteiger partial charge in [-0.2, -0.15) is 0 Å². The maximum atomic E-state index is 11.8. The first-order valence-corrected chi connectivity index (χ1v) is 9.95. The molecule has 0 radical (unpaired) electrons. The summed E-state index contributed by atoms with van der Waals surface area (Å²) in [7, 11) is 0. The normalized spacial score (nSPS) is 44.2. The largest absolute Gasteiger partial charge is 0.462 e. The highest BCUT2D eigenvalue weighted by atomic mass is 16.5. The average molecular weight is 330 g/mol. The summed E-state index contributed by atoms with van der Waals surface area (Å²) in [6.45, 7) is 4.26. The molecule has 132 valence electrons. The minimum atomic E-state index is -0.0383. The van der Waals surface area contributed by atoms with Crippen LogP contribution in [0.2, 0.25) is 0 Å². The monoisotopic (exact) mass is 330 g/mol. The third-order valence-electron chi connectivity index (χ3n) is 7.78. The van der Waals surface area contributed by atoms with Crippen LogP contribution in [0.4, 0.5) is 0 Å². The topological polar surface area (TPSA) is 43.4 Å². The SMILES string of the molecule is CCC(=O)O[C@H]1CC[C@H]2[C@@H]3CCC4=CC(=O)CC[C@@H]4[C@H]3CC[C@]12C. The van der Waals surface area contributed by atoms with Gasteiger partial charge in [-0.3, -0.25) is 9.59 Å². The third kappa shape index (κ3) is 2.46. The van der Waals surface area contributed by atoms with Crippen LogP contribution in [0.3, 0.4) is 0 Å². The Morgan fingerprint density at radius 2 is 2.00 bits per heavy atom. The number of allylic oxidation sites excluding steroid dienone is 1. The summed E-state index contributed by atoms with van der Waals surface area (Å²) in [5.74, 6) is 3.19. The molecule has 4 aliphatic rings. The second-order valence-electron chi connectivity index (χ2n) is 8.76. The summed E-state index contributed by atoms with van der Waals surface area (Å²) < 4.78 is 5.84. The van der Waals surface area contributed by atoms with Crippen LogP contribution in [0.1, 0.15) is 71.6 Å². The Kier molecular flexibility index (Phi) is 4.09. The molecule has 3 heteroatoms. The van der Waals surface area contributed by atoms with Crippen molar-refractivity contribution >= 4 is 11.8 Å². The lowest BCUT2D eigenvalue weighted by Crippen LogP contribution is -2.48. The molecule has 4 aliphatic carbocycles. The molecule has 0 aromatic heterocycles. The molecule has 0 heterocycles. The predicted octanol–water partition coefficient (Wildman–Crippen LogP) is 4.45. The smallest absolute Gasteiger partial charge is 0.305 e. The molecule has 3 fully saturated rings. The van der Waals surface area contributed by atoms with Crippen LogP contribution in [0.25, 0.3) is 0 Å². The van der Waals surface area contributed by atoms with Crippen LogP contribution in [0, 0.1) is 29.1 Å². The van der Waals surface area contributed by atoms with Gasteiger partial charge in [-0.1, -0.05) is 19.4 Å². The van der Waals surface area contributed by atoms with Crippen molar-refractivity contribution in [3.63, 3.8) is 0 Å². The fourth-order valence-corrected chi connectivity index (χ4v) is 6.57. The molecule has 0 aliphatic heterocycles. The van der Waals surface area contributed by atoms with Crippen LogP contribution in [-0.2, 0) is 14.3 Å². The molecule has 0 aromatic carbocycles. The van der Waals surface area contributed by atoms with Gasteiger partial charge in [-0.25, -0.2) is 0 Å². The molecule has 24 heavy (non-hydrogen) atoms. The highest BCUT2D eigenvalue weighted by molar-refractivity contribution is 5.91. The molecule has 0 amide bonds. The van der Waals surface area contributed by atoms with Gasteiger partial charge >= 0.3 is 5.97 Å². The van der Waals surface area contributed by atoms with E-state index in [9.17, 15) is 9.59 Å². The molecule has 6 atom stereocenters. The van der Waals surface area contributed by atoms with E-state index in [2.05, 4.69) is 6.92 Å². The lowest BCUT2D eigenvalue weighted by Gasteiger charge is -2.53. The quantitative estimate of drug-likeness (QED) is 0.703. The van der Waals surface area contributed by atoms with Gasteiger partial charge in [0, 0.05) is 18.3 Å². The number of hydrogen-bond acceptors (Lipinski definition) is 3. The fraction of sp³-hybridized carbons (Fsp3) is 0.810. The van der Waals surface area contributed by atoms with Gasteiger partial charge in [0.25, 0.3) is 0 Å². The Labute approximate surface area is 145 Å². The zero-order valence-electron chi connectivity index (χ0n) is 15.1. The minimum Gasteiger partial charge on any atom is -0.462 e. The highest BCUT2D eigenvalue weighted by Crippen LogP contribution is 2.62. The van der Waals surface area contributed by atoms with E-state index in [4.69, 9.17) is 4.74 Å². The summed E-state index contributed by atoms with van der Waals surface area (Å²) in [5.41, 5.74) is 1.63. The first-order chi connectivity index (χ1) is 11.5. The van der Waals surface area contributed by atoms with Crippen molar-refractivity contribution < 1.29 is 14.3 Å². The number of esters is 1. The average Bonchev–Trinajstić information content (AvgIpc) is 2.90. The minimum absolute atomic E-state index is 0.0383. The molecule has 0 bridgehead atoms. The molecule has 0 aromatic rings. The second kappa shape index (κ2) is 6.00. The standard InChI is InChI=1S/C21H30O3/c1-3-20(23)24-19-9-8-18-17-6-4-13-12-14(22)5-7-15(13)16(17)10-11-21(18,19)2/h12,15-19H,3-11H2,1-2H3/t15-,16+,17+,18-,19-,21-/m0/s1. The van der Waals surface area contributed by atoms with E-state index in [1.54, 1.807) is 0 Å². The Morgan fingerprint density at radius 1 is 1.17 bits per heavy atom. The Morgan fingerprint density at radius 3 is 2.79 bits per heavy atom. The molecular weight excluding hydrogens is 300 g/mol. The molecular formula is C21H30O3. The van der Waals surface area contributed by atoms with Crippen molar-refractivity contribution in [3.8, 4) is 0 Å². The number of carbonyl (C=O) groups excluding carboxylic acids is 2. The van der Waals surface area contributed by atoms with E-state index in [1.807, 2.05) is 13.0 Å². The molecule has 3 saturated carbocycles. The lowest BCUT2D eigenvalue weighted by atomic mass is 9.52. The van der Waals surface area contributed by atoms with Crippen LogP contribution in [0.15, 0.2) is 11.6 Å². The molecule has 0 spiro atoms. The summed E-state index contributed by atoms with van der Waals surface area (Å²) in [4.78, 5) is 23.6. The van der Waals surface area contributed by atoms with Crippen LogP contribution in [-0.4, -0.2) is 17.9 Å². The van der Waals surface area contributed by atoms with Crippen molar-refractivity contribution in [2.75, 3.05) is 0 Å². The number of ether oxygens (including phenoxy) is 1. The van der Waals surface area contributed by atoms with E-state index in [-0.39, 0.29) is 17.5 Å². The maximum absolute atomic E-state index is 11.8. The Hall–Kier alpha value is -1.12. The van der Waals surface area contributed by atoms with Crippen molar-refractivity contribution in [2.45, 2.75) is 77.7 Å². The van der Waals surface area contributed by atoms with Gasteiger partial charge < -0.3 is 4.74 Å². The van der Waals surface area contributed by atoms with Gasteiger partial charge in [-0.15, -0.1) is 0 Å². The summed E-state index contributed by atoms with van der Waals surface area (Å²) in [6, 6.07) is 0. The Bertz CT molecular complexity index is 578. The second-order valence-corrected chi connectivity index (χ2v) is 8.76.